The molecular weight excluding hydrogens is 262 g/mol. The molecule has 2 heterocycles. The molecule has 0 aromatic carbocycles. The highest BCUT2D eigenvalue weighted by Gasteiger charge is 2.24. The second-order valence-electron chi connectivity index (χ2n) is 4.60. The molecule has 0 spiro atoms. The lowest BCUT2D eigenvalue weighted by molar-refractivity contribution is -0.136. The minimum absolute atomic E-state index is 0.118. The Morgan fingerprint density at radius 2 is 2.10 bits per heavy atom. The second-order valence-corrected chi connectivity index (χ2v) is 4.60. The highest BCUT2D eigenvalue weighted by Crippen LogP contribution is 2.08. The molecule has 1 unspecified atom stereocenters. The lowest BCUT2D eigenvalue weighted by atomic mass is 10.2. The Morgan fingerprint density at radius 3 is 2.70 bits per heavy atom. The average molecular weight is 281 g/mol. The van der Waals surface area contributed by atoms with Crippen LogP contribution in [-0.4, -0.2) is 49.1 Å². The van der Waals surface area contributed by atoms with Crippen molar-refractivity contribution in [2.75, 3.05) is 26.3 Å². The Kier molecular flexibility index (Phi) is 4.75. The number of hydrogen-bond acceptors (Lipinski definition) is 5. The first kappa shape index (κ1) is 14.5. The quantitative estimate of drug-likeness (QED) is 0.790. The van der Waals surface area contributed by atoms with Crippen LogP contribution in [0.2, 0.25) is 0 Å². The van der Waals surface area contributed by atoms with Gasteiger partial charge in [-0.2, -0.15) is 0 Å². The van der Waals surface area contributed by atoms with Gasteiger partial charge in [-0.1, -0.05) is 0 Å². The Labute approximate surface area is 117 Å². The highest BCUT2D eigenvalue weighted by atomic mass is 16.5. The summed E-state index contributed by atoms with van der Waals surface area (Å²) >= 11 is 0. The summed E-state index contributed by atoms with van der Waals surface area (Å²) in [6.07, 6.45) is 0. The van der Waals surface area contributed by atoms with E-state index in [1.807, 2.05) is 0 Å². The standard InChI is InChI=1S/C13H19N3O4/c1-9(13(18)16-4-6-19-7-5-16)15-12(17)11-3-2-10(8-14)20-11/h2-3,9H,4-8,14H2,1H3,(H,15,17). The van der Waals surface area contributed by atoms with Crippen molar-refractivity contribution in [3.05, 3.63) is 23.7 Å². The summed E-state index contributed by atoms with van der Waals surface area (Å²) in [5, 5.41) is 2.63. The molecular formula is C13H19N3O4. The van der Waals surface area contributed by atoms with Gasteiger partial charge in [0.05, 0.1) is 19.8 Å². The van der Waals surface area contributed by atoms with E-state index < -0.39 is 11.9 Å². The maximum Gasteiger partial charge on any atom is 0.287 e. The van der Waals surface area contributed by atoms with Gasteiger partial charge in [0.2, 0.25) is 5.91 Å². The van der Waals surface area contributed by atoms with Gasteiger partial charge in [0.25, 0.3) is 5.91 Å². The summed E-state index contributed by atoms with van der Waals surface area (Å²) in [4.78, 5) is 25.7. The number of ether oxygens (including phenoxy) is 1. The van der Waals surface area contributed by atoms with Gasteiger partial charge in [-0.05, 0) is 19.1 Å². The first-order valence-electron chi connectivity index (χ1n) is 6.58. The zero-order valence-corrected chi connectivity index (χ0v) is 11.4. The molecule has 0 saturated carbocycles. The van der Waals surface area contributed by atoms with E-state index in [1.54, 1.807) is 24.0 Å². The van der Waals surface area contributed by atoms with Gasteiger partial charge in [0, 0.05) is 13.1 Å². The molecule has 1 saturated heterocycles. The number of nitrogens with two attached hydrogens (primary N) is 1. The lowest BCUT2D eigenvalue weighted by Crippen LogP contribution is -2.50. The molecule has 1 aromatic heterocycles. The topological polar surface area (TPSA) is 97.8 Å². The molecule has 0 bridgehead atoms. The largest absolute Gasteiger partial charge is 0.455 e. The van der Waals surface area contributed by atoms with Crippen LogP contribution >= 0.6 is 0 Å². The van der Waals surface area contributed by atoms with Crippen molar-refractivity contribution in [1.29, 1.82) is 0 Å². The van der Waals surface area contributed by atoms with E-state index in [-0.39, 0.29) is 18.2 Å². The molecule has 20 heavy (non-hydrogen) atoms. The SMILES string of the molecule is CC(NC(=O)c1ccc(CN)o1)C(=O)N1CCOCC1. The first-order chi connectivity index (χ1) is 9.61. The van der Waals surface area contributed by atoms with Crippen molar-refractivity contribution in [2.24, 2.45) is 5.73 Å². The van der Waals surface area contributed by atoms with Crippen LogP contribution in [0.25, 0.3) is 0 Å². The predicted octanol–water partition coefficient (Wildman–Crippen LogP) is -0.285. The molecule has 1 atom stereocenters. The van der Waals surface area contributed by atoms with Crippen molar-refractivity contribution >= 4 is 11.8 Å². The van der Waals surface area contributed by atoms with Gasteiger partial charge in [-0.15, -0.1) is 0 Å². The monoisotopic (exact) mass is 281 g/mol. The Hall–Kier alpha value is -1.86. The van der Waals surface area contributed by atoms with Crippen LogP contribution in [0.15, 0.2) is 16.5 Å². The van der Waals surface area contributed by atoms with Crippen LogP contribution in [0.3, 0.4) is 0 Å². The van der Waals surface area contributed by atoms with Crippen molar-refractivity contribution in [3.63, 3.8) is 0 Å². The van der Waals surface area contributed by atoms with Crippen LogP contribution in [0.4, 0.5) is 0 Å². The van der Waals surface area contributed by atoms with Crippen LogP contribution < -0.4 is 11.1 Å². The molecule has 0 radical (unpaired) electrons. The Bertz CT molecular complexity index is 480. The summed E-state index contributed by atoms with van der Waals surface area (Å²) in [5.41, 5.74) is 5.41. The van der Waals surface area contributed by atoms with E-state index in [0.717, 1.165) is 0 Å². The number of hydrogen-bond donors (Lipinski definition) is 2. The summed E-state index contributed by atoms with van der Waals surface area (Å²) in [6.45, 7) is 4.06. The number of morpholine rings is 1. The predicted molar refractivity (Wildman–Crippen MR) is 70.9 cm³/mol. The van der Waals surface area contributed by atoms with Crippen molar-refractivity contribution in [3.8, 4) is 0 Å². The Balaban J connectivity index is 1.91. The summed E-state index contributed by atoms with van der Waals surface area (Å²) in [7, 11) is 0. The molecule has 1 fully saturated rings. The van der Waals surface area contributed by atoms with Gasteiger partial charge in [0.1, 0.15) is 11.8 Å². The van der Waals surface area contributed by atoms with Crippen LogP contribution in [0, 0.1) is 0 Å². The highest BCUT2D eigenvalue weighted by molar-refractivity contribution is 5.95. The fourth-order valence-electron chi connectivity index (χ4n) is 2.00. The van der Waals surface area contributed by atoms with Crippen LogP contribution in [0.5, 0.6) is 0 Å². The third-order valence-electron chi connectivity index (χ3n) is 3.13. The summed E-state index contributed by atoms with van der Waals surface area (Å²) < 4.78 is 10.4. The van der Waals surface area contributed by atoms with Crippen LogP contribution in [-0.2, 0) is 16.1 Å². The molecule has 2 amide bonds. The van der Waals surface area contributed by atoms with Crippen molar-refractivity contribution < 1.29 is 18.7 Å². The maximum absolute atomic E-state index is 12.1. The third-order valence-corrected chi connectivity index (χ3v) is 3.13. The Morgan fingerprint density at radius 1 is 1.40 bits per heavy atom. The van der Waals surface area contributed by atoms with E-state index in [4.69, 9.17) is 14.9 Å². The molecule has 3 N–H and O–H groups in total. The van der Waals surface area contributed by atoms with E-state index in [9.17, 15) is 9.59 Å². The molecule has 1 aliphatic heterocycles. The lowest BCUT2D eigenvalue weighted by Gasteiger charge is -2.29. The van der Waals surface area contributed by atoms with Gasteiger partial charge < -0.3 is 25.1 Å². The minimum atomic E-state index is -0.605. The normalized spacial score (nSPS) is 16.8. The van der Waals surface area contributed by atoms with Crippen molar-refractivity contribution in [1.82, 2.24) is 10.2 Å². The number of carbonyl (C=O) groups excluding carboxylic acids is 2. The van der Waals surface area contributed by atoms with Gasteiger partial charge in [-0.3, -0.25) is 9.59 Å². The van der Waals surface area contributed by atoms with Gasteiger partial charge in [0.15, 0.2) is 5.76 Å². The number of rotatable bonds is 4. The fraction of sp³-hybridized carbons (Fsp3) is 0.538. The molecule has 2 rings (SSSR count). The average Bonchev–Trinajstić information content (AvgIpc) is 2.96. The number of carbonyl (C=O) groups is 2. The van der Waals surface area contributed by atoms with E-state index in [0.29, 0.717) is 32.1 Å². The number of nitrogens with one attached hydrogen (secondary N) is 1. The number of amides is 2. The van der Waals surface area contributed by atoms with Gasteiger partial charge >= 0.3 is 0 Å². The summed E-state index contributed by atoms with van der Waals surface area (Å²) in [5.74, 6) is 0.153. The first-order valence-corrected chi connectivity index (χ1v) is 6.58. The minimum Gasteiger partial charge on any atom is -0.455 e. The van der Waals surface area contributed by atoms with E-state index in [1.165, 1.54) is 0 Å². The second kappa shape index (κ2) is 6.53. The summed E-state index contributed by atoms with van der Waals surface area (Å²) in [6, 6.07) is 2.58. The molecule has 1 aromatic rings. The molecule has 110 valence electrons. The molecule has 7 nitrogen and oxygen atoms in total. The molecule has 1 aliphatic rings. The van der Waals surface area contributed by atoms with Crippen LogP contribution in [0.1, 0.15) is 23.2 Å². The third kappa shape index (κ3) is 3.37. The van der Waals surface area contributed by atoms with E-state index >= 15 is 0 Å². The molecule has 7 heteroatoms. The fourth-order valence-corrected chi connectivity index (χ4v) is 2.00. The van der Waals surface area contributed by atoms with Crippen molar-refractivity contribution in [2.45, 2.75) is 19.5 Å². The molecule has 0 aliphatic carbocycles. The number of furan rings is 1. The smallest absolute Gasteiger partial charge is 0.287 e. The zero-order valence-electron chi connectivity index (χ0n) is 11.4. The van der Waals surface area contributed by atoms with E-state index in [2.05, 4.69) is 5.32 Å². The zero-order chi connectivity index (χ0) is 14.5. The maximum atomic E-state index is 12.1. The number of nitrogens with zero attached hydrogens (tertiary/aromatic N) is 1. The van der Waals surface area contributed by atoms with Gasteiger partial charge in [-0.25, -0.2) is 0 Å².